The summed E-state index contributed by atoms with van der Waals surface area (Å²) in [7, 11) is 0. The molecule has 1 aliphatic rings. The van der Waals surface area contributed by atoms with Crippen LogP contribution in [-0.2, 0) is 0 Å². The minimum atomic E-state index is -0.204. The second-order valence-electron chi connectivity index (χ2n) is 5.96. The lowest BCUT2D eigenvalue weighted by molar-refractivity contribution is 0.0646. The van der Waals surface area contributed by atoms with Gasteiger partial charge in [-0.3, -0.25) is 9.59 Å². The smallest absolute Gasteiger partial charge is 0.289 e. The molecule has 1 aliphatic heterocycles. The van der Waals surface area contributed by atoms with Gasteiger partial charge in [0.2, 0.25) is 0 Å². The van der Waals surface area contributed by atoms with Gasteiger partial charge in [0, 0.05) is 25.3 Å². The molecule has 1 fully saturated rings. The molecule has 1 atom stereocenters. The van der Waals surface area contributed by atoms with Gasteiger partial charge >= 0.3 is 0 Å². The SMILES string of the molecule is Cc1ncc(C(=O)N[C@H]2CCCN(C(=O)c3ccco3)C2)c(C)n1. The first-order chi connectivity index (χ1) is 11.5. The van der Waals surface area contributed by atoms with Gasteiger partial charge in [0.1, 0.15) is 5.82 Å². The van der Waals surface area contributed by atoms with Crippen molar-refractivity contribution in [2.24, 2.45) is 0 Å². The Labute approximate surface area is 140 Å². The molecule has 7 nitrogen and oxygen atoms in total. The van der Waals surface area contributed by atoms with Gasteiger partial charge in [-0.2, -0.15) is 0 Å². The van der Waals surface area contributed by atoms with Crippen molar-refractivity contribution in [1.29, 1.82) is 0 Å². The lowest BCUT2D eigenvalue weighted by atomic mass is 10.0. The van der Waals surface area contributed by atoms with Gasteiger partial charge in [0.05, 0.1) is 17.5 Å². The Morgan fingerprint density at radius 3 is 2.92 bits per heavy atom. The van der Waals surface area contributed by atoms with Gasteiger partial charge in [-0.05, 0) is 38.8 Å². The molecule has 0 spiro atoms. The van der Waals surface area contributed by atoms with Crippen LogP contribution in [0.5, 0.6) is 0 Å². The van der Waals surface area contributed by atoms with Crippen molar-refractivity contribution >= 4 is 11.8 Å². The Morgan fingerprint density at radius 2 is 2.21 bits per heavy atom. The molecule has 126 valence electrons. The molecule has 0 saturated carbocycles. The van der Waals surface area contributed by atoms with Crippen LogP contribution in [0.25, 0.3) is 0 Å². The molecule has 0 unspecified atom stereocenters. The maximum atomic E-state index is 12.4. The van der Waals surface area contributed by atoms with Gasteiger partial charge in [-0.25, -0.2) is 9.97 Å². The second kappa shape index (κ2) is 6.82. The molecule has 2 aromatic heterocycles. The van der Waals surface area contributed by atoms with Crippen LogP contribution in [0.2, 0.25) is 0 Å². The van der Waals surface area contributed by atoms with Crippen LogP contribution in [0.3, 0.4) is 0 Å². The molecule has 1 N–H and O–H groups in total. The maximum Gasteiger partial charge on any atom is 0.289 e. The summed E-state index contributed by atoms with van der Waals surface area (Å²) in [6.45, 7) is 4.71. The summed E-state index contributed by atoms with van der Waals surface area (Å²) in [6.07, 6.45) is 4.69. The zero-order valence-corrected chi connectivity index (χ0v) is 13.8. The molecule has 24 heavy (non-hydrogen) atoms. The van der Waals surface area contributed by atoms with Crippen molar-refractivity contribution in [2.45, 2.75) is 32.7 Å². The van der Waals surface area contributed by atoms with Gasteiger partial charge < -0.3 is 14.6 Å². The normalized spacial score (nSPS) is 17.6. The summed E-state index contributed by atoms with van der Waals surface area (Å²) in [4.78, 5) is 34.8. The number of nitrogens with one attached hydrogen (secondary N) is 1. The van der Waals surface area contributed by atoms with Crippen LogP contribution >= 0.6 is 0 Å². The summed E-state index contributed by atoms with van der Waals surface area (Å²) in [5.74, 6) is 0.611. The van der Waals surface area contributed by atoms with E-state index >= 15 is 0 Å². The number of aromatic nitrogens is 2. The minimum Gasteiger partial charge on any atom is -0.459 e. The highest BCUT2D eigenvalue weighted by atomic mass is 16.3. The number of carbonyl (C=O) groups is 2. The Morgan fingerprint density at radius 1 is 1.38 bits per heavy atom. The molecule has 0 radical (unpaired) electrons. The molecule has 0 bridgehead atoms. The highest BCUT2D eigenvalue weighted by Gasteiger charge is 2.27. The molecule has 3 rings (SSSR count). The second-order valence-corrected chi connectivity index (χ2v) is 5.96. The molecular weight excluding hydrogens is 308 g/mol. The first-order valence-electron chi connectivity index (χ1n) is 7.98. The quantitative estimate of drug-likeness (QED) is 0.927. The fourth-order valence-electron chi connectivity index (χ4n) is 2.90. The van der Waals surface area contributed by atoms with Crippen LogP contribution < -0.4 is 5.32 Å². The standard InChI is InChI=1S/C17H20N4O3/c1-11-14(9-18-12(2)19-11)16(22)20-13-5-3-7-21(10-13)17(23)15-6-4-8-24-15/h4,6,8-9,13H,3,5,7,10H2,1-2H3,(H,20,22)/t13-/m0/s1. The predicted molar refractivity (Wildman–Crippen MR) is 86.6 cm³/mol. The van der Waals surface area contributed by atoms with E-state index in [0.717, 1.165) is 12.8 Å². The largest absolute Gasteiger partial charge is 0.459 e. The molecule has 0 aromatic carbocycles. The highest BCUT2D eigenvalue weighted by Crippen LogP contribution is 2.15. The van der Waals surface area contributed by atoms with E-state index in [9.17, 15) is 9.59 Å². The molecule has 7 heteroatoms. The Kier molecular flexibility index (Phi) is 4.59. The van der Waals surface area contributed by atoms with Gasteiger partial charge in [-0.15, -0.1) is 0 Å². The first-order valence-corrected chi connectivity index (χ1v) is 7.98. The Bertz CT molecular complexity index is 742. The van der Waals surface area contributed by atoms with E-state index in [0.29, 0.717) is 35.9 Å². The van der Waals surface area contributed by atoms with Gasteiger partial charge in [0.25, 0.3) is 11.8 Å². The van der Waals surface area contributed by atoms with Crippen molar-refractivity contribution in [2.75, 3.05) is 13.1 Å². The Balaban J connectivity index is 1.65. The number of amides is 2. The fourth-order valence-corrected chi connectivity index (χ4v) is 2.90. The van der Waals surface area contributed by atoms with E-state index in [1.165, 1.54) is 6.26 Å². The molecule has 2 amide bonds. The number of hydrogen-bond donors (Lipinski definition) is 1. The molecular formula is C17H20N4O3. The van der Waals surface area contributed by atoms with Crippen molar-refractivity contribution in [3.05, 3.63) is 47.4 Å². The number of likely N-dealkylation sites (tertiary alicyclic amines) is 1. The number of nitrogens with zero attached hydrogens (tertiary/aromatic N) is 3. The molecule has 2 aromatic rings. The zero-order valence-electron chi connectivity index (χ0n) is 13.8. The van der Waals surface area contributed by atoms with E-state index in [1.54, 1.807) is 37.1 Å². The average molecular weight is 328 g/mol. The third-order valence-electron chi connectivity index (χ3n) is 4.12. The van der Waals surface area contributed by atoms with Gasteiger partial charge in [0.15, 0.2) is 5.76 Å². The zero-order chi connectivity index (χ0) is 17.1. The summed E-state index contributed by atoms with van der Waals surface area (Å²) in [5, 5.41) is 2.98. The third kappa shape index (κ3) is 3.45. The monoisotopic (exact) mass is 328 g/mol. The molecule has 3 heterocycles. The predicted octanol–water partition coefficient (Wildman–Crippen LogP) is 1.72. The number of hydrogen-bond acceptors (Lipinski definition) is 5. The van der Waals surface area contributed by atoms with Crippen LogP contribution in [0.15, 0.2) is 29.0 Å². The fraction of sp³-hybridized carbons (Fsp3) is 0.412. The van der Waals surface area contributed by atoms with E-state index in [2.05, 4.69) is 15.3 Å². The van der Waals surface area contributed by atoms with Crippen LogP contribution in [-0.4, -0.2) is 45.8 Å². The van der Waals surface area contributed by atoms with Crippen molar-refractivity contribution in [3.8, 4) is 0 Å². The van der Waals surface area contributed by atoms with Crippen molar-refractivity contribution in [3.63, 3.8) is 0 Å². The summed E-state index contributed by atoms with van der Waals surface area (Å²) >= 11 is 0. The summed E-state index contributed by atoms with van der Waals surface area (Å²) in [5.41, 5.74) is 1.12. The average Bonchev–Trinajstić information content (AvgIpc) is 3.08. The summed E-state index contributed by atoms with van der Waals surface area (Å²) < 4.78 is 5.17. The van der Waals surface area contributed by atoms with E-state index in [4.69, 9.17) is 4.42 Å². The van der Waals surface area contributed by atoms with Crippen LogP contribution in [0.4, 0.5) is 0 Å². The summed E-state index contributed by atoms with van der Waals surface area (Å²) in [6, 6.07) is 3.25. The minimum absolute atomic E-state index is 0.0918. The first kappa shape index (κ1) is 16.2. The molecule has 0 aliphatic carbocycles. The lowest BCUT2D eigenvalue weighted by Gasteiger charge is -2.32. The highest BCUT2D eigenvalue weighted by molar-refractivity contribution is 5.95. The van der Waals surface area contributed by atoms with E-state index in [-0.39, 0.29) is 17.9 Å². The van der Waals surface area contributed by atoms with Gasteiger partial charge in [-0.1, -0.05) is 0 Å². The number of furan rings is 1. The van der Waals surface area contributed by atoms with Crippen molar-refractivity contribution < 1.29 is 14.0 Å². The van der Waals surface area contributed by atoms with E-state index in [1.807, 2.05) is 0 Å². The number of piperidine rings is 1. The lowest BCUT2D eigenvalue weighted by Crippen LogP contribution is -2.49. The van der Waals surface area contributed by atoms with Crippen LogP contribution in [0.1, 0.15) is 45.3 Å². The van der Waals surface area contributed by atoms with Crippen molar-refractivity contribution in [1.82, 2.24) is 20.2 Å². The number of aryl methyl sites for hydroxylation is 2. The Hall–Kier alpha value is -2.70. The molecule has 1 saturated heterocycles. The van der Waals surface area contributed by atoms with E-state index < -0.39 is 0 Å². The van der Waals surface area contributed by atoms with Crippen LogP contribution in [0, 0.1) is 13.8 Å². The number of carbonyl (C=O) groups excluding carboxylic acids is 2. The number of rotatable bonds is 3. The third-order valence-corrected chi connectivity index (χ3v) is 4.12. The maximum absolute atomic E-state index is 12.4. The topological polar surface area (TPSA) is 88.3 Å².